The molecule has 1 aromatic heterocycles. The average molecular weight is 514 g/mol. The molecule has 1 aliphatic rings. The van der Waals surface area contributed by atoms with Gasteiger partial charge in [-0.2, -0.15) is 5.10 Å². The first-order valence-electron chi connectivity index (χ1n) is 9.09. The first-order valence-corrected chi connectivity index (χ1v) is 9.09. The molecule has 3 rings (SSSR count). The van der Waals surface area contributed by atoms with E-state index in [1.807, 2.05) is 42.4 Å². The van der Waals surface area contributed by atoms with E-state index in [4.69, 9.17) is 4.74 Å². The molecular formula is C19H27IN6O3. The maximum absolute atomic E-state index is 12.6. The van der Waals surface area contributed by atoms with Gasteiger partial charge in [-0.25, -0.2) is 0 Å². The van der Waals surface area contributed by atoms with Gasteiger partial charge in [0.15, 0.2) is 5.96 Å². The topological polar surface area (TPSA) is 95.2 Å². The zero-order chi connectivity index (χ0) is 20.1. The molecule has 2 N–H and O–H groups in total. The first-order chi connectivity index (χ1) is 13.5. The Hall–Kier alpha value is -2.34. The highest BCUT2D eigenvalue weighted by Crippen LogP contribution is 2.24. The number of nitrogens with one attached hydrogen (secondary N) is 1. The molecule has 0 spiro atoms. The van der Waals surface area contributed by atoms with E-state index in [-0.39, 0.29) is 43.0 Å². The summed E-state index contributed by atoms with van der Waals surface area (Å²) in [4.78, 5) is 20.4. The molecule has 158 valence electrons. The highest BCUT2D eigenvalue weighted by Gasteiger charge is 2.28. The summed E-state index contributed by atoms with van der Waals surface area (Å²) in [6.07, 6.45) is 2.74. The van der Waals surface area contributed by atoms with Crippen molar-refractivity contribution in [3.8, 4) is 5.75 Å². The van der Waals surface area contributed by atoms with Crippen molar-refractivity contribution in [2.45, 2.75) is 6.10 Å². The maximum atomic E-state index is 12.6. The summed E-state index contributed by atoms with van der Waals surface area (Å²) >= 11 is 0. The monoisotopic (exact) mass is 514 g/mol. The number of aliphatic hydroxyl groups is 1. The van der Waals surface area contributed by atoms with Gasteiger partial charge in [0.1, 0.15) is 12.3 Å². The van der Waals surface area contributed by atoms with E-state index < -0.39 is 6.10 Å². The molecule has 10 heteroatoms. The molecule has 0 saturated carbocycles. The van der Waals surface area contributed by atoms with Gasteiger partial charge < -0.3 is 25.0 Å². The third-order valence-corrected chi connectivity index (χ3v) is 4.69. The van der Waals surface area contributed by atoms with Crippen LogP contribution in [0.15, 0.2) is 41.7 Å². The van der Waals surface area contributed by atoms with Crippen LogP contribution >= 0.6 is 24.0 Å². The molecule has 0 radical (unpaired) electrons. The standard InChI is InChI=1S/C19H26N6O3.HI/c1-20-19(21-11-16(26)15-6-4-5-7-17(15)28-3)24-8-9-25(18(27)13-24)14-10-22-23(2)12-14;/h4-7,10,12,16,26H,8-9,11,13H2,1-3H3,(H,20,21);1H. The minimum atomic E-state index is -0.764. The van der Waals surface area contributed by atoms with Crippen molar-refractivity contribution in [2.24, 2.45) is 12.0 Å². The van der Waals surface area contributed by atoms with E-state index in [2.05, 4.69) is 15.4 Å². The molecule has 1 amide bonds. The second kappa shape index (κ2) is 10.4. The summed E-state index contributed by atoms with van der Waals surface area (Å²) in [5.74, 6) is 1.19. The number of aryl methyl sites for hydroxylation is 1. The lowest BCUT2D eigenvalue weighted by Crippen LogP contribution is -2.55. The molecule has 1 fully saturated rings. The molecule has 1 unspecified atom stereocenters. The lowest BCUT2D eigenvalue weighted by Gasteiger charge is -2.35. The number of anilines is 1. The molecule has 2 heterocycles. The van der Waals surface area contributed by atoms with Crippen LogP contribution in [0.5, 0.6) is 5.75 Å². The Bertz CT molecular complexity index is 856. The molecule has 1 saturated heterocycles. The second-order valence-corrected chi connectivity index (χ2v) is 6.52. The van der Waals surface area contributed by atoms with Crippen LogP contribution < -0.4 is 15.0 Å². The SMILES string of the molecule is CN=C(NCC(O)c1ccccc1OC)N1CCN(c2cnn(C)c2)C(=O)C1.I. The summed E-state index contributed by atoms with van der Waals surface area (Å²) < 4.78 is 6.98. The van der Waals surface area contributed by atoms with Gasteiger partial charge >= 0.3 is 0 Å². The quantitative estimate of drug-likeness (QED) is 0.352. The van der Waals surface area contributed by atoms with Crippen LogP contribution in [0.4, 0.5) is 5.69 Å². The van der Waals surface area contributed by atoms with Crippen LogP contribution in [0.25, 0.3) is 0 Å². The number of ether oxygens (including phenoxy) is 1. The Morgan fingerprint density at radius 3 is 2.76 bits per heavy atom. The van der Waals surface area contributed by atoms with Gasteiger partial charge in [0.2, 0.25) is 5.91 Å². The lowest BCUT2D eigenvalue weighted by molar-refractivity contribution is -0.120. The van der Waals surface area contributed by atoms with Crippen LogP contribution in [0, 0.1) is 0 Å². The number of methoxy groups -OCH3 is 1. The summed E-state index contributed by atoms with van der Waals surface area (Å²) in [6, 6.07) is 7.34. The Balaban J connectivity index is 0.00000300. The fourth-order valence-electron chi connectivity index (χ4n) is 3.25. The number of benzene rings is 1. The molecule has 0 aliphatic carbocycles. The molecule has 2 aromatic rings. The maximum Gasteiger partial charge on any atom is 0.246 e. The van der Waals surface area contributed by atoms with Gasteiger partial charge in [-0.05, 0) is 6.07 Å². The molecule has 29 heavy (non-hydrogen) atoms. The van der Waals surface area contributed by atoms with Gasteiger partial charge in [-0.1, -0.05) is 18.2 Å². The zero-order valence-corrected chi connectivity index (χ0v) is 19.1. The molecule has 1 aromatic carbocycles. The number of carbonyl (C=O) groups excluding carboxylic acids is 1. The van der Waals surface area contributed by atoms with Crippen molar-refractivity contribution < 1.29 is 14.6 Å². The van der Waals surface area contributed by atoms with E-state index in [9.17, 15) is 9.90 Å². The highest BCUT2D eigenvalue weighted by atomic mass is 127. The Morgan fingerprint density at radius 1 is 1.38 bits per heavy atom. The van der Waals surface area contributed by atoms with Gasteiger partial charge in [0, 0.05) is 45.5 Å². The minimum Gasteiger partial charge on any atom is -0.496 e. The van der Waals surface area contributed by atoms with Gasteiger partial charge in [-0.3, -0.25) is 14.5 Å². The van der Waals surface area contributed by atoms with Crippen molar-refractivity contribution in [3.05, 3.63) is 42.2 Å². The van der Waals surface area contributed by atoms with E-state index in [1.165, 1.54) is 0 Å². The third kappa shape index (κ3) is 5.38. The van der Waals surface area contributed by atoms with Crippen LogP contribution in [0.2, 0.25) is 0 Å². The highest BCUT2D eigenvalue weighted by molar-refractivity contribution is 14.0. The van der Waals surface area contributed by atoms with Crippen molar-refractivity contribution in [2.75, 3.05) is 45.2 Å². The number of hydrogen-bond acceptors (Lipinski definition) is 5. The Kier molecular flexibility index (Phi) is 8.26. The van der Waals surface area contributed by atoms with Crippen LogP contribution in [-0.2, 0) is 11.8 Å². The number of amides is 1. The Labute approximate surface area is 187 Å². The van der Waals surface area contributed by atoms with Gasteiger partial charge in [0.25, 0.3) is 0 Å². The molecule has 1 aliphatic heterocycles. The van der Waals surface area contributed by atoms with Crippen LogP contribution in [-0.4, -0.2) is 72.0 Å². The van der Waals surface area contributed by atoms with Crippen molar-refractivity contribution in [1.29, 1.82) is 0 Å². The van der Waals surface area contributed by atoms with E-state index in [1.54, 1.807) is 29.9 Å². The largest absolute Gasteiger partial charge is 0.496 e. The number of hydrogen-bond donors (Lipinski definition) is 2. The Morgan fingerprint density at radius 2 is 2.14 bits per heavy atom. The first kappa shape index (κ1) is 22.9. The van der Waals surface area contributed by atoms with Crippen molar-refractivity contribution in [1.82, 2.24) is 20.0 Å². The van der Waals surface area contributed by atoms with Crippen molar-refractivity contribution >= 4 is 41.5 Å². The lowest BCUT2D eigenvalue weighted by atomic mass is 10.1. The fourth-order valence-corrected chi connectivity index (χ4v) is 3.25. The predicted octanol–water partition coefficient (Wildman–Crippen LogP) is 1.00. The van der Waals surface area contributed by atoms with Crippen LogP contribution in [0.3, 0.4) is 0 Å². The van der Waals surface area contributed by atoms with Gasteiger partial charge in [0.05, 0.1) is 25.1 Å². The number of para-hydroxylation sites is 1. The zero-order valence-electron chi connectivity index (χ0n) is 16.8. The number of aliphatic imine (C=N–C) groups is 1. The fraction of sp³-hybridized carbons (Fsp3) is 0.421. The summed E-state index contributed by atoms with van der Waals surface area (Å²) in [5, 5.41) is 17.8. The molecule has 0 bridgehead atoms. The minimum absolute atomic E-state index is 0. The smallest absolute Gasteiger partial charge is 0.246 e. The number of aromatic nitrogens is 2. The van der Waals surface area contributed by atoms with E-state index in [0.29, 0.717) is 30.4 Å². The summed E-state index contributed by atoms with van der Waals surface area (Å²) in [5.41, 5.74) is 1.49. The number of piperazine rings is 1. The summed E-state index contributed by atoms with van der Waals surface area (Å²) in [7, 11) is 5.06. The number of aliphatic hydroxyl groups excluding tert-OH is 1. The van der Waals surface area contributed by atoms with E-state index in [0.717, 1.165) is 5.69 Å². The number of guanidine groups is 1. The molecular weight excluding hydrogens is 487 g/mol. The number of nitrogens with zero attached hydrogens (tertiary/aromatic N) is 5. The molecule has 1 atom stereocenters. The normalized spacial score (nSPS) is 15.7. The second-order valence-electron chi connectivity index (χ2n) is 6.52. The van der Waals surface area contributed by atoms with Gasteiger partial charge in [-0.15, -0.1) is 24.0 Å². The molecule has 9 nitrogen and oxygen atoms in total. The average Bonchev–Trinajstić information content (AvgIpc) is 3.14. The number of rotatable bonds is 5. The number of halogens is 1. The van der Waals surface area contributed by atoms with Crippen molar-refractivity contribution in [3.63, 3.8) is 0 Å². The van der Waals surface area contributed by atoms with E-state index >= 15 is 0 Å². The van der Waals surface area contributed by atoms with Crippen LogP contribution in [0.1, 0.15) is 11.7 Å². The predicted molar refractivity (Wildman–Crippen MR) is 122 cm³/mol. The number of carbonyl (C=O) groups is 1. The summed E-state index contributed by atoms with van der Waals surface area (Å²) in [6.45, 7) is 1.63. The third-order valence-electron chi connectivity index (χ3n) is 4.69.